The second kappa shape index (κ2) is 5.62. The summed E-state index contributed by atoms with van der Waals surface area (Å²) in [7, 11) is 1.42. The van der Waals surface area contributed by atoms with E-state index in [-0.39, 0.29) is 11.8 Å². The first-order chi connectivity index (χ1) is 10.6. The van der Waals surface area contributed by atoms with Crippen molar-refractivity contribution in [3.63, 3.8) is 0 Å². The molecule has 1 aliphatic rings. The van der Waals surface area contributed by atoms with E-state index < -0.39 is 31.1 Å². The number of imidazole rings is 1. The Bertz CT molecular complexity index is 678. The Balaban J connectivity index is 2.08. The molecule has 1 fully saturated rings. The SMILES string of the molecule is COc1nc(NN)nc2c1ncn2[C@@H]1O[C@H](CO)[C@@H](O)[C@H]1O. The Morgan fingerprint density at radius 2 is 2.18 bits per heavy atom. The van der Waals surface area contributed by atoms with Crippen molar-refractivity contribution in [3.8, 4) is 5.88 Å². The molecule has 0 saturated carbocycles. The summed E-state index contributed by atoms with van der Waals surface area (Å²) in [5.41, 5.74) is 2.95. The second-order valence-corrected chi connectivity index (χ2v) is 4.75. The van der Waals surface area contributed by atoms with Crippen LogP contribution in [0.2, 0.25) is 0 Å². The largest absolute Gasteiger partial charge is 0.479 e. The first-order valence-electron chi connectivity index (χ1n) is 6.48. The van der Waals surface area contributed by atoms with E-state index in [9.17, 15) is 10.2 Å². The van der Waals surface area contributed by atoms with Crippen molar-refractivity contribution in [2.45, 2.75) is 24.5 Å². The van der Waals surface area contributed by atoms with E-state index in [1.54, 1.807) is 0 Å². The van der Waals surface area contributed by atoms with Gasteiger partial charge in [0.25, 0.3) is 0 Å². The molecule has 4 atom stereocenters. The lowest BCUT2D eigenvalue weighted by Crippen LogP contribution is -2.33. The predicted octanol–water partition coefficient (Wildman–Crippen LogP) is -2.27. The number of aliphatic hydroxyl groups excluding tert-OH is 3. The summed E-state index contributed by atoms with van der Waals surface area (Å²) >= 11 is 0. The average Bonchev–Trinajstić information content (AvgIpc) is 3.08. The van der Waals surface area contributed by atoms with Crippen molar-refractivity contribution in [1.82, 2.24) is 19.5 Å². The van der Waals surface area contributed by atoms with Crippen LogP contribution in [0, 0.1) is 0 Å². The topological polar surface area (TPSA) is 161 Å². The molecule has 0 aliphatic carbocycles. The maximum absolute atomic E-state index is 10.1. The van der Waals surface area contributed by atoms with Gasteiger partial charge in [-0.05, 0) is 0 Å². The minimum atomic E-state index is -1.25. The number of hydrogen-bond donors (Lipinski definition) is 5. The predicted molar refractivity (Wildman–Crippen MR) is 72.7 cm³/mol. The summed E-state index contributed by atoms with van der Waals surface area (Å²) in [5, 5.41) is 29.1. The highest BCUT2D eigenvalue weighted by atomic mass is 16.6. The van der Waals surface area contributed by atoms with E-state index in [4.69, 9.17) is 20.4 Å². The van der Waals surface area contributed by atoms with Crippen LogP contribution in [0.1, 0.15) is 6.23 Å². The fourth-order valence-electron chi connectivity index (χ4n) is 2.39. The molecule has 6 N–H and O–H groups in total. The fourth-order valence-corrected chi connectivity index (χ4v) is 2.39. The van der Waals surface area contributed by atoms with Gasteiger partial charge in [0.1, 0.15) is 18.3 Å². The third-order valence-electron chi connectivity index (χ3n) is 3.50. The summed E-state index contributed by atoms with van der Waals surface area (Å²) in [4.78, 5) is 12.3. The molecule has 11 nitrogen and oxygen atoms in total. The molecule has 0 aromatic carbocycles. The summed E-state index contributed by atoms with van der Waals surface area (Å²) in [6.07, 6.45) is -2.94. The third-order valence-corrected chi connectivity index (χ3v) is 3.50. The zero-order valence-electron chi connectivity index (χ0n) is 11.6. The monoisotopic (exact) mass is 312 g/mol. The maximum atomic E-state index is 10.1. The van der Waals surface area contributed by atoms with Crippen LogP contribution in [0.4, 0.5) is 5.95 Å². The standard InChI is InChI=1S/C11H16N6O5/c1-21-9-5-8(14-11(15-9)16-12)17(3-13-5)10-7(20)6(19)4(2-18)22-10/h3-4,6-7,10,18-20H,2,12H2,1H3,(H,14,15,16)/t4-,6-,7-,10-/m1/s1. The van der Waals surface area contributed by atoms with Crippen LogP contribution in [0.15, 0.2) is 6.33 Å². The number of methoxy groups -OCH3 is 1. The van der Waals surface area contributed by atoms with Gasteiger partial charge in [-0.3, -0.25) is 9.99 Å². The van der Waals surface area contributed by atoms with Crippen molar-refractivity contribution in [2.24, 2.45) is 5.84 Å². The smallest absolute Gasteiger partial charge is 0.247 e. The zero-order chi connectivity index (χ0) is 15.9. The van der Waals surface area contributed by atoms with Gasteiger partial charge in [-0.1, -0.05) is 0 Å². The highest BCUT2D eigenvalue weighted by molar-refractivity contribution is 5.77. The van der Waals surface area contributed by atoms with E-state index in [0.29, 0.717) is 11.2 Å². The zero-order valence-corrected chi connectivity index (χ0v) is 11.6. The molecule has 2 aromatic rings. The van der Waals surface area contributed by atoms with Crippen LogP contribution >= 0.6 is 0 Å². The molecule has 0 radical (unpaired) electrons. The molecule has 0 unspecified atom stereocenters. The number of hydrogen-bond acceptors (Lipinski definition) is 10. The summed E-state index contributed by atoms with van der Waals surface area (Å²) in [5.74, 6) is 5.61. The number of nitrogens with zero attached hydrogens (tertiary/aromatic N) is 4. The van der Waals surface area contributed by atoms with Crippen LogP contribution in [-0.4, -0.2) is 66.9 Å². The molecule has 2 aromatic heterocycles. The van der Waals surface area contributed by atoms with Crippen LogP contribution in [0.25, 0.3) is 11.2 Å². The summed E-state index contributed by atoms with van der Waals surface area (Å²) in [6, 6.07) is 0. The first kappa shape index (κ1) is 14.9. The number of nitrogens with one attached hydrogen (secondary N) is 1. The van der Waals surface area contributed by atoms with Crippen LogP contribution in [0.5, 0.6) is 5.88 Å². The number of aliphatic hydroxyl groups is 3. The number of fused-ring (bicyclic) bond motifs is 1. The minimum absolute atomic E-state index is 0.0952. The normalized spacial score (nSPS) is 28.2. The summed E-state index contributed by atoms with van der Waals surface area (Å²) < 4.78 is 12.0. The quantitative estimate of drug-likeness (QED) is 0.307. The van der Waals surface area contributed by atoms with Gasteiger partial charge in [0.05, 0.1) is 20.0 Å². The molecule has 1 saturated heterocycles. The number of nitrogens with two attached hydrogens (primary N) is 1. The van der Waals surface area contributed by atoms with E-state index in [1.807, 2.05) is 0 Å². The molecule has 11 heteroatoms. The highest BCUT2D eigenvalue weighted by Crippen LogP contribution is 2.32. The number of nitrogen functional groups attached to an aromatic ring is 1. The highest BCUT2D eigenvalue weighted by Gasteiger charge is 2.44. The fraction of sp³-hybridized carbons (Fsp3) is 0.545. The molecule has 0 spiro atoms. The van der Waals surface area contributed by atoms with Gasteiger partial charge in [-0.25, -0.2) is 10.8 Å². The van der Waals surface area contributed by atoms with E-state index >= 15 is 0 Å². The Hall–Kier alpha value is -2.05. The molecule has 0 amide bonds. The molecule has 3 heterocycles. The number of rotatable bonds is 4. The Morgan fingerprint density at radius 1 is 1.41 bits per heavy atom. The molecule has 1 aliphatic heterocycles. The minimum Gasteiger partial charge on any atom is -0.479 e. The second-order valence-electron chi connectivity index (χ2n) is 4.75. The Labute approximate surface area is 124 Å². The van der Waals surface area contributed by atoms with Crippen LogP contribution in [0.3, 0.4) is 0 Å². The van der Waals surface area contributed by atoms with Crippen LogP contribution < -0.4 is 16.0 Å². The Kier molecular flexibility index (Phi) is 3.80. The number of hydrazine groups is 1. The Morgan fingerprint density at radius 3 is 2.77 bits per heavy atom. The lowest BCUT2D eigenvalue weighted by Gasteiger charge is -2.16. The van der Waals surface area contributed by atoms with Gasteiger partial charge in [0, 0.05) is 0 Å². The van der Waals surface area contributed by atoms with Gasteiger partial charge >= 0.3 is 0 Å². The van der Waals surface area contributed by atoms with E-state index in [2.05, 4.69) is 20.4 Å². The van der Waals surface area contributed by atoms with Gasteiger partial charge in [-0.2, -0.15) is 9.97 Å². The van der Waals surface area contributed by atoms with Crippen molar-refractivity contribution in [2.75, 3.05) is 19.1 Å². The van der Waals surface area contributed by atoms with Gasteiger partial charge in [0.15, 0.2) is 17.4 Å². The van der Waals surface area contributed by atoms with Gasteiger partial charge in [-0.15, -0.1) is 0 Å². The molecular formula is C11H16N6O5. The van der Waals surface area contributed by atoms with Gasteiger partial charge < -0.3 is 24.8 Å². The van der Waals surface area contributed by atoms with E-state index in [1.165, 1.54) is 18.0 Å². The molecule has 120 valence electrons. The van der Waals surface area contributed by atoms with Crippen molar-refractivity contribution < 1.29 is 24.8 Å². The number of ether oxygens (including phenoxy) is 2. The van der Waals surface area contributed by atoms with Crippen molar-refractivity contribution in [1.29, 1.82) is 0 Å². The van der Waals surface area contributed by atoms with Crippen LogP contribution in [-0.2, 0) is 4.74 Å². The summed E-state index contributed by atoms with van der Waals surface area (Å²) in [6.45, 7) is -0.421. The van der Waals surface area contributed by atoms with Gasteiger partial charge in [0.2, 0.25) is 11.8 Å². The lowest BCUT2D eigenvalue weighted by molar-refractivity contribution is -0.0511. The van der Waals surface area contributed by atoms with Crippen molar-refractivity contribution >= 4 is 17.1 Å². The van der Waals surface area contributed by atoms with E-state index in [0.717, 1.165) is 0 Å². The molecular weight excluding hydrogens is 296 g/mol. The lowest BCUT2D eigenvalue weighted by atomic mass is 10.1. The molecule has 22 heavy (non-hydrogen) atoms. The molecule has 3 rings (SSSR count). The maximum Gasteiger partial charge on any atom is 0.247 e. The first-order valence-corrected chi connectivity index (χ1v) is 6.48. The number of aromatic nitrogens is 4. The molecule has 0 bridgehead atoms. The average molecular weight is 312 g/mol. The van der Waals surface area contributed by atoms with Crippen molar-refractivity contribution in [3.05, 3.63) is 6.33 Å². The number of anilines is 1. The third kappa shape index (κ3) is 2.15.